The van der Waals surface area contributed by atoms with Gasteiger partial charge in [0.05, 0.1) is 0 Å². The zero-order valence-electron chi connectivity index (χ0n) is 12.4. The van der Waals surface area contributed by atoms with Gasteiger partial charge in [0.15, 0.2) is 0 Å². The standard InChI is InChI=1S/C16H21FN2O2/c1-11(2)14(16(21)19-9-3-4-10-19)18-15(20)12-5-7-13(17)8-6-12/h5-8,11,14H,3-4,9-10H2,1-2H3,(H,18,20). The number of carbonyl (C=O) groups is 2. The Kier molecular flexibility index (Phi) is 4.94. The van der Waals surface area contributed by atoms with Gasteiger partial charge in [0.1, 0.15) is 11.9 Å². The summed E-state index contributed by atoms with van der Waals surface area (Å²) in [7, 11) is 0. The second-order valence-corrected chi connectivity index (χ2v) is 5.73. The second-order valence-electron chi connectivity index (χ2n) is 5.73. The van der Waals surface area contributed by atoms with Crippen LogP contribution < -0.4 is 5.32 Å². The molecule has 1 atom stereocenters. The molecule has 1 aromatic carbocycles. The maximum absolute atomic E-state index is 12.9. The molecule has 0 bridgehead atoms. The van der Waals surface area contributed by atoms with Crippen LogP contribution in [0.3, 0.4) is 0 Å². The van der Waals surface area contributed by atoms with Crippen LogP contribution in [-0.4, -0.2) is 35.8 Å². The van der Waals surface area contributed by atoms with Crippen LogP contribution in [0.2, 0.25) is 0 Å². The third-order valence-electron chi connectivity index (χ3n) is 3.74. The van der Waals surface area contributed by atoms with Gasteiger partial charge in [-0.2, -0.15) is 0 Å². The number of nitrogens with one attached hydrogen (secondary N) is 1. The Hall–Kier alpha value is -1.91. The predicted molar refractivity (Wildman–Crippen MR) is 78.3 cm³/mol. The molecule has 1 saturated heterocycles. The van der Waals surface area contributed by atoms with E-state index in [4.69, 9.17) is 0 Å². The van der Waals surface area contributed by atoms with Crippen molar-refractivity contribution in [3.8, 4) is 0 Å². The third kappa shape index (κ3) is 3.80. The average molecular weight is 292 g/mol. The first-order chi connectivity index (χ1) is 9.99. The zero-order chi connectivity index (χ0) is 15.4. The molecule has 4 nitrogen and oxygen atoms in total. The van der Waals surface area contributed by atoms with Gasteiger partial charge in [0.2, 0.25) is 5.91 Å². The molecule has 114 valence electrons. The average Bonchev–Trinajstić information content (AvgIpc) is 2.98. The van der Waals surface area contributed by atoms with E-state index in [0.717, 1.165) is 25.9 Å². The highest BCUT2D eigenvalue weighted by Gasteiger charge is 2.30. The van der Waals surface area contributed by atoms with E-state index in [1.807, 2.05) is 13.8 Å². The minimum atomic E-state index is -0.541. The number of nitrogens with zero attached hydrogens (tertiary/aromatic N) is 1. The van der Waals surface area contributed by atoms with Crippen molar-refractivity contribution in [2.75, 3.05) is 13.1 Å². The first-order valence-electron chi connectivity index (χ1n) is 7.34. The molecule has 1 aliphatic rings. The van der Waals surface area contributed by atoms with Crippen LogP contribution in [-0.2, 0) is 4.79 Å². The van der Waals surface area contributed by atoms with Gasteiger partial charge in [-0.05, 0) is 43.0 Å². The van der Waals surface area contributed by atoms with Crippen LogP contribution in [0.1, 0.15) is 37.0 Å². The monoisotopic (exact) mass is 292 g/mol. The highest BCUT2D eigenvalue weighted by molar-refractivity contribution is 5.97. The van der Waals surface area contributed by atoms with Gasteiger partial charge in [-0.3, -0.25) is 9.59 Å². The van der Waals surface area contributed by atoms with Crippen molar-refractivity contribution in [1.29, 1.82) is 0 Å². The maximum Gasteiger partial charge on any atom is 0.251 e. The molecule has 2 rings (SSSR count). The topological polar surface area (TPSA) is 49.4 Å². The minimum Gasteiger partial charge on any atom is -0.341 e. The number of hydrogen-bond donors (Lipinski definition) is 1. The zero-order valence-corrected chi connectivity index (χ0v) is 12.4. The SMILES string of the molecule is CC(C)C(NC(=O)c1ccc(F)cc1)C(=O)N1CCCC1. The lowest BCUT2D eigenvalue weighted by Crippen LogP contribution is -2.50. The number of likely N-dealkylation sites (tertiary alicyclic amines) is 1. The fourth-order valence-electron chi connectivity index (χ4n) is 2.47. The van der Waals surface area contributed by atoms with Crippen LogP contribution in [0.15, 0.2) is 24.3 Å². The smallest absolute Gasteiger partial charge is 0.251 e. The summed E-state index contributed by atoms with van der Waals surface area (Å²) in [5.74, 6) is -0.762. The summed E-state index contributed by atoms with van der Waals surface area (Å²) in [6, 6.07) is 4.77. The first-order valence-corrected chi connectivity index (χ1v) is 7.34. The summed E-state index contributed by atoms with van der Waals surface area (Å²) in [5, 5.41) is 2.78. The second kappa shape index (κ2) is 6.70. The normalized spacial score (nSPS) is 16.1. The fourth-order valence-corrected chi connectivity index (χ4v) is 2.47. The molecule has 0 aliphatic carbocycles. The van der Waals surface area contributed by atoms with Crippen LogP contribution in [0.5, 0.6) is 0 Å². The Morgan fingerprint density at radius 2 is 1.71 bits per heavy atom. The molecule has 1 aromatic rings. The first kappa shape index (κ1) is 15.5. The highest BCUT2D eigenvalue weighted by Crippen LogP contribution is 2.14. The Labute approximate surface area is 124 Å². The van der Waals surface area contributed by atoms with E-state index in [1.54, 1.807) is 4.90 Å². The van der Waals surface area contributed by atoms with Gasteiger partial charge in [0.25, 0.3) is 5.91 Å². The summed E-state index contributed by atoms with van der Waals surface area (Å²) in [6.07, 6.45) is 2.03. The Morgan fingerprint density at radius 3 is 2.24 bits per heavy atom. The van der Waals surface area contributed by atoms with Crippen molar-refractivity contribution >= 4 is 11.8 Å². The molecule has 1 aliphatic heterocycles. The van der Waals surface area contributed by atoms with E-state index in [-0.39, 0.29) is 23.5 Å². The Balaban J connectivity index is 2.06. The van der Waals surface area contributed by atoms with Gasteiger partial charge in [-0.15, -0.1) is 0 Å². The summed E-state index contributed by atoms with van der Waals surface area (Å²) >= 11 is 0. The minimum absolute atomic E-state index is 0.00231. The van der Waals surface area contributed by atoms with Gasteiger partial charge >= 0.3 is 0 Å². The molecule has 0 saturated carbocycles. The summed E-state index contributed by atoms with van der Waals surface area (Å²) in [5.41, 5.74) is 0.358. The van der Waals surface area contributed by atoms with Crippen LogP contribution in [0.25, 0.3) is 0 Å². The van der Waals surface area contributed by atoms with E-state index in [0.29, 0.717) is 5.56 Å². The Bertz CT molecular complexity index is 508. The Morgan fingerprint density at radius 1 is 1.14 bits per heavy atom. The van der Waals surface area contributed by atoms with Crippen molar-refractivity contribution in [2.24, 2.45) is 5.92 Å². The molecule has 1 heterocycles. The molecular weight excluding hydrogens is 271 g/mol. The quantitative estimate of drug-likeness (QED) is 0.925. The van der Waals surface area contributed by atoms with Crippen molar-refractivity contribution in [1.82, 2.24) is 10.2 Å². The molecule has 0 aromatic heterocycles. The van der Waals surface area contributed by atoms with Crippen molar-refractivity contribution in [2.45, 2.75) is 32.7 Å². The van der Waals surface area contributed by atoms with E-state index in [9.17, 15) is 14.0 Å². The molecule has 1 fully saturated rings. The van der Waals surface area contributed by atoms with Gasteiger partial charge in [-0.25, -0.2) is 4.39 Å². The molecule has 1 N–H and O–H groups in total. The number of rotatable bonds is 4. The van der Waals surface area contributed by atoms with Crippen LogP contribution >= 0.6 is 0 Å². The van der Waals surface area contributed by atoms with Gasteiger partial charge in [-0.1, -0.05) is 13.8 Å². The summed E-state index contributed by atoms with van der Waals surface area (Å²) in [4.78, 5) is 26.4. The molecular formula is C16H21FN2O2. The van der Waals surface area contributed by atoms with Crippen molar-refractivity contribution in [3.05, 3.63) is 35.6 Å². The van der Waals surface area contributed by atoms with E-state index in [1.165, 1.54) is 24.3 Å². The third-order valence-corrected chi connectivity index (χ3v) is 3.74. The van der Waals surface area contributed by atoms with Gasteiger partial charge < -0.3 is 10.2 Å². The van der Waals surface area contributed by atoms with Crippen molar-refractivity contribution in [3.63, 3.8) is 0 Å². The molecule has 5 heteroatoms. The highest BCUT2D eigenvalue weighted by atomic mass is 19.1. The molecule has 1 unspecified atom stereocenters. The number of benzene rings is 1. The number of carbonyl (C=O) groups excluding carboxylic acids is 2. The van der Waals surface area contributed by atoms with E-state index < -0.39 is 6.04 Å². The predicted octanol–water partition coefficient (Wildman–Crippen LogP) is 2.20. The summed E-state index contributed by atoms with van der Waals surface area (Å²) in [6.45, 7) is 5.33. The lowest BCUT2D eigenvalue weighted by Gasteiger charge is -2.26. The summed E-state index contributed by atoms with van der Waals surface area (Å²) < 4.78 is 12.9. The molecule has 21 heavy (non-hydrogen) atoms. The van der Waals surface area contributed by atoms with E-state index in [2.05, 4.69) is 5.32 Å². The molecule has 2 amide bonds. The fraction of sp³-hybridized carbons (Fsp3) is 0.500. The largest absolute Gasteiger partial charge is 0.341 e. The lowest BCUT2D eigenvalue weighted by molar-refractivity contribution is -0.133. The van der Waals surface area contributed by atoms with Crippen LogP contribution in [0.4, 0.5) is 4.39 Å². The number of amides is 2. The molecule has 0 radical (unpaired) electrons. The maximum atomic E-state index is 12.9. The van der Waals surface area contributed by atoms with Crippen molar-refractivity contribution < 1.29 is 14.0 Å². The van der Waals surface area contributed by atoms with Crippen LogP contribution in [0, 0.1) is 11.7 Å². The molecule has 0 spiro atoms. The van der Waals surface area contributed by atoms with E-state index >= 15 is 0 Å². The number of halogens is 1. The number of hydrogen-bond acceptors (Lipinski definition) is 2. The lowest BCUT2D eigenvalue weighted by atomic mass is 10.0. The van der Waals surface area contributed by atoms with Gasteiger partial charge in [0, 0.05) is 18.7 Å².